The van der Waals surface area contributed by atoms with Gasteiger partial charge in [0.25, 0.3) is 0 Å². The lowest BCUT2D eigenvalue weighted by Gasteiger charge is -2.13. The fourth-order valence-corrected chi connectivity index (χ4v) is 2.22. The molecule has 0 saturated heterocycles. The highest BCUT2D eigenvalue weighted by Crippen LogP contribution is 2.31. The molecule has 1 aliphatic rings. The van der Waals surface area contributed by atoms with Crippen LogP contribution in [0.3, 0.4) is 0 Å². The van der Waals surface area contributed by atoms with Crippen LogP contribution < -0.4 is 0 Å². The van der Waals surface area contributed by atoms with Gasteiger partial charge in [-0.05, 0) is 17.7 Å². The van der Waals surface area contributed by atoms with Crippen LogP contribution in [-0.2, 0) is 9.53 Å². The predicted octanol–water partition coefficient (Wildman–Crippen LogP) is 2.66. The van der Waals surface area contributed by atoms with Gasteiger partial charge in [0, 0.05) is 5.56 Å². The van der Waals surface area contributed by atoms with Crippen LogP contribution in [0.1, 0.15) is 17.2 Å². The first-order valence-corrected chi connectivity index (χ1v) is 6.33. The molecule has 0 fully saturated rings. The Kier molecular flexibility index (Phi) is 3.21. The van der Waals surface area contributed by atoms with Crippen molar-refractivity contribution in [1.29, 1.82) is 0 Å². The average molecular weight is 267 g/mol. The second-order valence-electron chi connectivity index (χ2n) is 4.53. The van der Waals surface area contributed by atoms with Crippen molar-refractivity contribution < 1.29 is 14.6 Å². The van der Waals surface area contributed by atoms with Gasteiger partial charge in [-0.15, -0.1) is 0 Å². The Hall–Kier alpha value is -2.62. The molecule has 1 N–H and O–H groups in total. The molecule has 0 aliphatic carbocycles. The van der Waals surface area contributed by atoms with Gasteiger partial charge >= 0.3 is 5.97 Å². The molecule has 3 rings (SSSR count). The zero-order valence-electron chi connectivity index (χ0n) is 10.6. The number of hydrogen-bond donors (Lipinski definition) is 1. The number of benzene rings is 2. The van der Waals surface area contributed by atoms with E-state index in [0.29, 0.717) is 5.90 Å². The van der Waals surface area contributed by atoms with E-state index in [1.165, 1.54) is 0 Å². The van der Waals surface area contributed by atoms with Crippen LogP contribution in [0.25, 0.3) is 0 Å². The zero-order valence-corrected chi connectivity index (χ0v) is 10.6. The third kappa shape index (κ3) is 2.28. The molecule has 0 spiro atoms. The van der Waals surface area contributed by atoms with Gasteiger partial charge in [-0.1, -0.05) is 48.5 Å². The monoisotopic (exact) mass is 267 g/mol. The molecule has 100 valence electrons. The molecule has 2 aromatic rings. The molecule has 1 heterocycles. The fourth-order valence-electron chi connectivity index (χ4n) is 2.22. The standard InChI is InChI=1S/C16H13NO3/c18-16(19)14-13(11-7-3-1-4-8-11)17-15(20-14)12-9-5-2-6-10-12/h1-10,13-14H,(H,18,19)/t13-,14?/m0/s1. The lowest BCUT2D eigenvalue weighted by atomic mass is 10.0. The van der Waals surface area contributed by atoms with Gasteiger partial charge in [-0.3, -0.25) is 0 Å². The summed E-state index contributed by atoms with van der Waals surface area (Å²) in [7, 11) is 0. The first kappa shape index (κ1) is 12.4. The quantitative estimate of drug-likeness (QED) is 0.930. The number of aliphatic carboxylic acids is 1. The van der Waals surface area contributed by atoms with Crippen LogP contribution in [0.5, 0.6) is 0 Å². The Labute approximate surface area is 116 Å². The number of nitrogens with zero attached hydrogens (tertiary/aromatic N) is 1. The maximum Gasteiger partial charge on any atom is 0.347 e. The molecule has 4 nitrogen and oxygen atoms in total. The number of carboxylic acid groups (broad SMARTS) is 1. The molecule has 0 radical (unpaired) electrons. The van der Waals surface area contributed by atoms with Crippen LogP contribution in [0.2, 0.25) is 0 Å². The molecule has 2 atom stereocenters. The van der Waals surface area contributed by atoms with E-state index in [-0.39, 0.29) is 0 Å². The normalized spacial score (nSPS) is 21.1. The molecular formula is C16H13NO3. The summed E-state index contributed by atoms with van der Waals surface area (Å²) in [6.07, 6.45) is -0.979. The first-order chi connectivity index (χ1) is 9.75. The molecule has 4 heteroatoms. The summed E-state index contributed by atoms with van der Waals surface area (Å²) in [5.74, 6) is -0.625. The lowest BCUT2D eigenvalue weighted by molar-refractivity contribution is -0.145. The van der Waals surface area contributed by atoms with Crippen molar-refractivity contribution in [3.63, 3.8) is 0 Å². The highest BCUT2D eigenvalue weighted by atomic mass is 16.5. The number of hydrogen-bond acceptors (Lipinski definition) is 3. The maximum atomic E-state index is 11.4. The topological polar surface area (TPSA) is 58.9 Å². The van der Waals surface area contributed by atoms with E-state index in [2.05, 4.69) is 4.99 Å². The van der Waals surface area contributed by atoms with Crippen LogP contribution >= 0.6 is 0 Å². The van der Waals surface area contributed by atoms with E-state index in [4.69, 9.17) is 4.74 Å². The number of ether oxygens (including phenoxy) is 1. The molecule has 0 bridgehead atoms. The Balaban J connectivity index is 1.98. The van der Waals surface area contributed by atoms with Gasteiger partial charge in [0.05, 0.1) is 0 Å². The number of aliphatic imine (C=N–C) groups is 1. The SMILES string of the molecule is O=C(O)C1OC(c2ccccc2)=N[C@H]1c1ccccc1. The second-order valence-corrected chi connectivity index (χ2v) is 4.53. The minimum Gasteiger partial charge on any atom is -0.478 e. The first-order valence-electron chi connectivity index (χ1n) is 6.33. The Morgan fingerprint density at radius 2 is 1.60 bits per heavy atom. The highest BCUT2D eigenvalue weighted by Gasteiger charge is 2.38. The summed E-state index contributed by atoms with van der Waals surface area (Å²) in [6.45, 7) is 0. The minimum absolute atomic E-state index is 0.381. The van der Waals surface area contributed by atoms with Crippen molar-refractivity contribution in [2.45, 2.75) is 12.1 Å². The molecule has 2 aromatic carbocycles. The number of carbonyl (C=O) groups is 1. The summed E-state index contributed by atoms with van der Waals surface area (Å²) >= 11 is 0. The second kappa shape index (κ2) is 5.17. The van der Waals surface area contributed by atoms with Crippen LogP contribution in [0.15, 0.2) is 65.7 Å². The van der Waals surface area contributed by atoms with E-state index in [1.54, 1.807) is 0 Å². The predicted molar refractivity (Wildman–Crippen MR) is 74.7 cm³/mol. The van der Waals surface area contributed by atoms with Crippen molar-refractivity contribution in [3.05, 3.63) is 71.8 Å². The van der Waals surface area contributed by atoms with Gasteiger partial charge in [-0.2, -0.15) is 0 Å². The number of carboxylic acids is 1. The van der Waals surface area contributed by atoms with Gasteiger partial charge in [0.1, 0.15) is 6.04 Å². The van der Waals surface area contributed by atoms with Crippen LogP contribution in [-0.4, -0.2) is 23.1 Å². The van der Waals surface area contributed by atoms with E-state index in [9.17, 15) is 9.90 Å². The lowest BCUT2D eigenvalue weighted by Crippen LogP contribution is -2.26. The largest absolute Gasteiger partial charge is 0.478 e. The van der Waals surface area contributed by atoms with E-state index >= 15 is 0 Å². The van der Waals surface area contributed by atoms with Crippen LogP contribution in [0, 0.1) is 0 Å². The third-order valence-electron chi connectivity index (χ3n) is 3.19. The molecule has 0 amide bonds. The molecule has 1 unspecified atom stereocenters. The zero-order chi connectivity index (χ0) is 13.9. The third-order valence-corrected chi connectivity index (χ3v) is 3.19. The Morgan fingerprint density at radius 1 is 1.00 bits per heavy atom. The molecular weight excluding hydrogens is 254 g/mol. The molecule has 20 heavy (non-hydrogen) atoms. The average Bonchev–Trinajstić information content (AvgIpc) is 2.94. The van der Waals surface area contributed by atoms with Gasteiger partial charge in [-0.25, -0.2) is 9.79 Å². The van der Waals surface area contributed by atoms with Crippen molar-refractivity contribution in [2.75, 3.05) is 0 Å². The van der Waals surface area contributed by atoms with Gasteiger partial charge in [0.15, 0.2) is 0 Å². The molecule has 1 aliphatic heterocycles. The summed E-state index contributed by atoms with van der Waals surface area (Å²) < 4.78 is 5.53. The van der Waals surface area contributed by atoms with Crippen molar-refractivity contribution in [2.24, 2.45) is 4.99 Å². The molecule has 0 aromatic heterocycles. The van der Waals surface area contributed by atoms with Crippen molar-refractivity contribution in [3.8, 4) is 0 Å². The van der Waals surface area contributed by atoms with E-state index < -0.39 is 18.1 Å². The van der Waals surface area contributed by atoms with E-state index in [1.807, 2.05) is 60.7 Å². The smallest absolute Gasteiger partial charge is 0.347 e. The summed E-state index contributed by atoms with van der Waals surface area (Å²) in [5, 5.41) is 9.31. The fraction of sp³-hybridized carbons (Fsp3) is 0.125. The summed E-state index contributed by atoms with van der Waals surface area (Å²) in [4.78, 5) is 15.8. The van der Waals surface area contributed by atoms with Crippen LogP contribution in [0.4, 0.5) is 0 Å². The molecule has 0 saturated carbocycles. The van der Waals surface area contributed by atoms with E-state index in [0.717, 1.165) is 11.1 Å². The van der Waals surface area contributed by atoms with Gasteiger partial charge < -0.3 is 9.84 Å². The Morgan fingerprint density at radius 3 is 2.20 bits per heavy atom. The van der Waals surface area contributed by atoms with Crippen molar-refractivity contribution >= 4 is 11.9 Å². The minimum atomic E-state index is -1.01. The summed E-state index contributed by atoms with van der Waals surface area (Å²) in [5.41, 5.74) is 1.63. The number of rotatable bonds is 3. The van der Waals surface area contributed by atoms with Gasteiger partial charge in [0.2, 0.25) is 12.0 Å². The Bertz CT molecular complexity index is 637. The van der Waals surface area contributed by atoms with Crippen molar-refractivity contribution in [1.82, 2.24) is 0 Å². The highest BCUT2D eigenvalue weighted by molar-refractivity contribution is 5.97. The maximum absolute atomic E-state index is 11.4. The summed E-state index contributed by atoms with van der Waals surface area (Å²) in [6, 6.07) is 18.2.